The lowest BCUT2D eigenvalue weighted by Crippen LogP contribution is -2.27. The molecule has 1 aliphatic rings. The first-order valence-electron chi connectivity index (χ1n) is 8.06. The highest BCUT2D eigenvalue weighted by Crippen LogP contribution is 2.37. The number of hydrogen-bond acceptors (Lipinski definition) is 4. The first-order valence-corrected chi connectivity index (χ1v) is 8.43. The highest BCUT2D eigenvalue weighted by Gasteiger charge is 2.27. The number of hydrogen-bond donors (Lipinski definition) is 0. The van der Waals surface area contributed by atoms with Gasteiger partial charge in [-0.25, -0.2) is 9.07 Å². The Morgan fingerprint density at radius 3 is 2.62 bits per heavy atom. The fourth-order valence-electron chi connectivity index (χ4n) is 2.95. The zero-order chi connectivity index (χ0) is 19.0. The minimum atomic E-state index is -0.901. The van der Waals surface area contributed by atoms with Gasteiger partial charge in [-0.3, -0.25) is 19.6 Å². The third kappa shape index (κ3) is 3.12. The van der Waals surface area contributed by atoms with Crippen LogP contribution < -0.4 is 10.3 Å². The first-order chi connectivity index (χ1) is 12.3. The topological polar surface area (TPSA) is 79.3 Å². The van der Waals surface area contributed by atoms with Gasteiger partial charge in [-0.05, 0) is 31.4 Å². The van der Waals surface area contributed by atoms with Crippen molar-refractivity contribution in [3.8, 4) is 16.9 Å². The Morgan fingerprint density at radius 2 is 2.04 bits per heavy atom. The van der Waals surface area contributed by atoms with Crippen LogP contribution in [-0.4, -0.2) is 20.9 Å². The summed E-state index contributed by atoms with van der Waals surface area (Å²) in [5, 5.41) is 11.3. The lowest BCUT2D eigenvalue weighted by atomic mass is 10.1. The monoisotopic (exact) mass is 381 g/mol. The van der Waals surface area contributed by atoms with Crippen molar-refractivity contribution in [2.45, 2.75) is 32.9 Å². The molecule has 138 valence electrons. The summed E-state index contributed by atoms with van der Waals surface area (Å²) in [6.07, 6.45) is 1.69. The van der Waals surface area contributed by atoms with Crippen molar-refractivity contribution < 1.29 is 14.1 Å². The van der Waals surface area contributed by atoms with Crippen molar-refractivity contribution in [2.75, 3.05) is 6.61 Å². The predicted octanol–water partition coefficient (Wildman–Crippen LogP) is 3.77. The van der Waals surface area contributed by atoms with Crippen LogP contribution in [-0.2, 0) is 13.1 Å². The molecule has 0 spiro atoms. The summed E-state index contributed by atoms with van der Waals surface area (Å²) in [7, 11) is 0. The normalized spacial score (nSPS) is 13.3. The summed E-state index contributed by atoms with van der Waals surface area (Å²) in [6.45, 7) is 6.45. The molecule has 0 fully saturated rings. The van der Waals surface area contributed by atoms with Crippen LogP contribution in [0.3, 0.4) is 0 Å². The molecule has 0 saturated heterocycles. The molecule has 7 nitrogen and oxygen atoms in total. The fourth-order valence-corrected chi connectivity index (χ4v) is 3.30. The van der Waals surface area contributed by atoms with Crippen molar-refractivity contribution >= 4 is 17.3 Å². The van der Waals surface area contributed by atoms with Crippen molar-refractivity contribution in [2.24, 2.45) is 0 Å². The van der Waals surface area contributed by atoms with Crippen LogP contribution in [0.15, 0.2) is 29.1 Å². The van der Waals surface area contributed by atoms with Crippen LogP contribution in [0.2, 0.25) is 5.15 Å². The molecule has 2 aromatic rings. The SMILES string of the molecule is C=C(C)COc1cc(-c2c(Cl)n3n(c2=O)CCCC3)c(F)cc1[N+](=O)[O-]. The van der Waals surface area contributed by atoms with E-state index in [9.17, 15) is 19.3 Å². The Labute approximate surface area is 153 Å². The summed E-state index contributed by atoms with van der Waals surface area (Å²) in [6, 6.07) is 1.91. The summed E-state index contributed by atoms with van der Waals surface area (Å²) >= 11 is 6.32. The van der Waals surface area contributed by atoms with Gasteiger partial charge in [0.1, 0.15) is 17.6 Å². The predicted molar refractivity (Wildman–Crippen MR) is 95.3 cm³/mol. The van der Waals surface area contributed by atoms with E-state index in [1.165, 1.54) is 4.68 Å². The van der Waals surface area contributed by atoms with E-state index >= 15 is 0 Å². The maximum Gasteiger partial charge on any atom is 0.313 e. The third-order valence-electron chi connectivity index (χ3n) is 4.15. The third-order valence-corrected chi connectivity index (χ3v) is 4.54. The van der Waals surface area contributed by atoms with Crippen LogP contribution in [0.4, 0.5) is 10.1 Å². The van der Waals surface area contributed by atoms with Crippen molar-refractivity contribution in [1.82, 2.24) is 9.36 Å². The van der Waals surface area contributed by atoms with Crippen molar-refractivity contribution in [1.29, 1.82) is 0 Å². The largest absolute Gasteiger partial charge is 0.482 e. The van der Waals surface area contributed by atoms with E-state index < -0.39 is 22.0 Å². The summed E-state index contributed by atoms with van der Waals surface area (Å²) in [5.41, 5.74) is -0.429. The van der Waals surface area contributed by atoms with Gasteiger partial charge in [0.05, 0.1) is 16.6 Å². The molecule has 1 aromatic carbocycles. The maximum atomic E-state index is 14.6. The van der Waals surface area contributed by atoms with Gasteiger partial charge in [-0.1, -0.05) is 18.2 Å². The average molecular weight is 382 g/mol. The average Bonchev–Trinajstić information content (AvgIpc) is 2.85. The molecular weight excluding hydrogens is 365 g/mol. The van der Waals surface area contributed by atoms with E-state index in [-0.39, 0.29) is 28.6 Å². The number of fused-ring (bicyclic) bond motifs is 1. The number of benzene rings is 1. The summed E-state index contributed by atoms with van der Waals surface area (Å²) < 4.78 is 23.1. The first kappa shape index (κ1) is 18.2. The van der Waals surface area contributed by atoms with Crippen LogP contribution >= 0.6 is 11.6 Å². The van der Waals surface area contributed by atoms with E-state index in [1.54, 1.807) is 11.6 Å². The highest BCUT2D eigenvalue weighted by molar-refractivity contribution is 6.32. The second-order valence-corrected chi connectivity index (χ2v) is 6.59. The van der Waals surface area contributed by atoms with Crippen LogP contribution in [0, 0.1) is 15.9 Å². The van der Waals surface area contributed by atoms with Crippen LogP contribution in [0.25, 0.3) is 11.1 Å². The van der Waals surface area contributed by atoms with E-state index in [0.717, 1.165) is 25.0 Å². The Hall–Kier alpha value is -2.61. The van der Waals surface area contributed by atoms with Gasteiger partial charge in [-0.15, -0.1) is 0 Å². The molecule has 0 atom stereocenters. The molecule has 9 heteroatoms. The van der Waals surface area contributed by atoms with Gasteiger partial charge >= 0.3 is 5.69 Å². The Morgan fingerprint density at radius 1 is 1.38 bits per heavy atom. The smallest absolute Gasteiger partial charge is 0.313 e. The van der Waals surface area contributed by atoms with Gasteiger partial charge in [0.25, 0.3) is 5.56 Å². The van der Waals surface area contributed by atoms with Crippen molar-refractivity contribution in [3.05, 3.63) is 55.7 Å². The summed E-state index contributed by atoms with van der Waals surface area (Å²) in [4.78, 5) is 23.1. The molecule has 0 radical (unpaired) electrons. The zero-order valence-corrected chi connectivity index (χ0v) is 14.9. The van der Waals surface area contributed by atoms with Crippen LogP contribution in [0.5, 0.6) is 5.75 Å². The zero-order valence-electron chi connectivity index (χ0n) is 14.1. The molecule has 0 N–H and O–H groups in total. The second kappa shape index (κ2) is 6.95. The lowest BCUT2D eigenvalue weighted by molar-refractivity contribution is -0.386. The number of rotatable bonds is 5. The number of ether oxygens (including phenoxy) is 1. The summed E-state index contributed by atoms with van der Waals surface area (Å²) in [5.74, 6) is -1.04. The minimum absolute atomic E-state index is 0.0128. The maximum absolute atomic E-state index is 14.6. The lowest BCUT2D eigenvalue weighted by Gasteiger charge is -2.17. The van der Waals surface area contributed by atoms with Gasteiger partial charge < -0.3 is 4.74 Å². The van der Waals surface area contributed by atoms with Gasteiger partial charge in [0, 0.05) is 18.7 Å². The molecule has 2 heterocycles. The molecule has 1 aromatic heterocycles. The molecule has 3 rings (SSSR count). The quantitative estimate of drug-likeness (QED) is 0.448. The van der Waals surface area contributed by atoms with Crippen molar-refractivity contribution in [3.63, 3.8) is 0 Å². The number of nitrogens with zero attached hydrogens (tertiary/aromatic N) is 3. The molecule has 0 aliphatic carbocycles. The minimum Gasteiger partial charge on any atom is -0.482 e. The fraction of sp³-hybridized carbons (Fsp3) is 0.353. The Kier molecular flexibility index (Phi) is 4.86. The molecule has 0 amide bonds. The number of nitro groups is 1. The molecule has 0 saturated carbocycles. The van der Waals surface area contributed by atoms with Crippen LogP contribution in [0.1, 0.15) is 19.8 Å². The molecule has 0 bridgehead atoms. The molecule has 0 unspecified atom stereocenters. The van der Waals surface area contributed by atoms with E-state index in [4.69, 9.17) is 16.3 Å². The highest BCUT2D eigenvalue weighted by atomic mass is 35.5. The standard InChI is InChI=1S/C17H17ClFN3O4/c1-10(2)9-26-14-7-11(12(19)8-13(14)22(24)25)15-16(18)20-5-3-4-6-21(20)17(15)23/h7-8H,1,3-6,9H2,2H3. The van der Waals surface area contributed by atoms with E-state index in [0.29, 0.717) is 18.7 Å². The number of halogens is 2. The molecule has 1 aliphatic heterocycles. The van der Waals surface area contributed by atoms with Gasteiger partial charge in [-0.2, -0.15) is 0 Å². The van der Waals surface area contributed by atoms with Gasteiger partial charge in [0.2, 0.25) is 0 Å². The van der Waals surface area contributed by atoms with E-state index in [2.05, 4.69) is 6.58 Å². The molecule has 26 heavy (non-hydrogen) atoms. The Bertz CT molecular complexity index is 964. The number of aromatic nitrogens is 2. The molecular formula is C17H17ClFN3O4. The van der Waals surface area contributed by atoms with Gasteiger partial charge in [0.15, 0.2) is 5.75 Å². The number of nitro benzene ring substituents is 1. The second-order valence-electron chi connectivity index (χ2n) is 6.23. The van der Waals surface area contributed by atoms with E-state index in [1.807, 2.05) is 0 Å². The Balaban J connectivity index is 2.18.